The first-order valence-electron chi connectivity index (χ1n) is 9.12. The maximum absolute atomic E-state index is 13.7. The van der Waals surface area contributed by atoms with Crippen LogP contribution in [-0.4, -0.2) is 62.8 Å². The smallest absolute Gasteiger partial charge is 0.339 e. The van der Waals surface area contributed by atoms with Crippen LogP contribution in [0.2, 0.25) is 0 Å². The number of alkyl halides is 3. The first kappa shape index (κ1) is 19.3. The van der Waals surface area contributed by atoms with Crippen LogP contribution in [0.1, 0.15) is 29.0 Å². The Hall–Kier alpha value is -2.98. The second-order valence-corrected chi connectivity index (χ2v) is 7.07. The van der Waals surface area contributed by atoms with Gasteiger partial charge in [0.25, 0.3) is 5.91 Å². The van der Waals surface area contributed by atoms with E-state index in [1.54, 1.807) is 4.90 Å². The molecule has 154 valence electrons. The van der Waals surface area contributed by atoms with Crippen molar-refractivity contribution in [2.75, 3.05) is 26.2 Å². The summed E-state index contributed by atoms with van der Waals surface area (Å²) in [6.07, 6.45) is -3.21. The third kappa shape index (κ3) is 3.81. The number of hydrogen-bond donors (Lipinski definition) is 0. The standard InChI is InChI=1S/C18H17F4N5O2/c19-12-2-1-3-13(10-12)27-15(18(20,21)22)14(23-24-27)17(29)26-8-6-25(7-9-26)16(28)11-4-5-11/h1-3,10-11H,4-9H2. The molecule has 2 fully saturated rings. The quantitative estimate of drug-likeness (QED) is 0.726. The zero-order chi connectivity index (χ0) is 20.8. The molecule has 1 aliphatic carbocycles. The van der Waals surface area contributed by atoms with Gasteiger partial charge in [-0.2, -0.15) is 13.2 Å². The van der Waals surface area contributed by atoms with Crippen molar-refractivity contribution in [1.82, 2.24) is 24.8 Å². The fourth-order valence-electron chi connectivity index (χ4n) is 3.34. The van der Waals surface area contributed by atoms with Crippen LogP contribution in [0.5, 0.6) is 0 Å². The van der Waals surface area contributed by atoms with E-state index in [0.717, 1.165) is 25.0 Å². The predicted molar refractivity (Wildman–Crippen MR) is 91.5 cm³/mol. The second-order valence-electron chi connectivity index (χ2n) is 7.07. The lowest BCUT2D eigenvalue weighted by Crippen LogP contribution is -2.51. The molecule has 2 aliphatic rings. The summed E-state index contributed by atoms with van der Waals surface area (Å²) in [4.78, 5) is 27.7. The van der Waals surface area contributed by atoms with Crippen molar-refractivity contribution in [3.8, 4) is 5.69 Å². The van der Waals surface area contributed by atoms with E-state index in [0.29, 0.717) is 4.68 Å². The van der Waals surface area contributed by atoms with E-state index in [-0.39, 0.29) is 43.7 Å². The third-order valence-electron chi connectivity index (χ3n) is 5.00. The Bertz CT molecular complexity index is 946. The largest absolute Gasteiger partial charge is 0.435 e. The fourth-order valence-corrected chi connectivity index (χ4v) is 3.34. The third-order valence-corrected chi connectivity index (χ3v) is 5.00. The van der Waals surface area contributed by atoms with Crippen molar-refractivity contribution in [3.05, 3.63) is 41.5 Å². The predicted octanol–water partition coefficient (Wildman–Crippen LogP) is 2.12. The summed E-state index contributed by atoms with van der Waals surface area (Å²) in [6, 6.07) is 4.44. The van der Waals surface area contributed by atoms with Gasteiger partial charge in [0.1, 0.15) is 5.82 Å². The summed E-state index contributed by atoms with van der Waals surface area (Å²) in [5.41, 5.74) is -2.39. The number of piperazine rings is 1. The Kier molecular flexibility index (Phi) is 4.75. The maximum atomic E-state index is 13.7. The van der Waals surface area contributed by atoms with Crippen LogP contribution < -0.4 is 0 Å². The number of amides is 2. The monoisotopic (exact) mass is 411 g/mol. The molecule has 29 heavy (non-hydrogen) atoms. The van der Waals surface area contributed by atoms with Gasteiger partial charge in [0.05, 0.1) is 5.69 Å². The van der Waals surface area contributed by atoms with E-state index in [2.05, 4.69) is 10.3 Å². The number of halogens is 4. The summed E-state index contributed by atoms with van der Waals surface area (Å²) in [5.74, 6) is -1.58. The maximum Gasteiger partial charge on any atom is 0.435 e. The number of aromatic nitrogens is 3. The van der Waals surface area contributed by atoms with E-state index in [4.69, 9.17) is 0 Å². The van der Waals surface area contributed by atoms with Crippen molar-refractivity contribution in [2.45, 2.75) is 19.0 Å². The number of rotatable bonds is 3. The van der Waals surface area contributed by atoms with E-state index in [9.17, 15) is 27.2 Å². The zero-order valence-electron chi connectivity index (χ0n) is 15.2. The lowest BCUT2D eigenvalue weighted by atomic mass is 10.2. The molecule has 2 amide bonds. The van der Waals surface area contributed by atoms with Gasteiger partial charge in [0.15, 0.2) is 11.4 Å². The highest BCUT2D eigenvalue weighted by molar-refractivity contribution is 5.94. The minimum absolute atomic E-state index is 0.0325. The van der Waals surface area contributed by atoms with E-state index in [1.165, 1.54) is 17.0 Å². The highest BCUT2D eigenvalue weighted by Crippen LogP contribution is 2.34. The molecule has 1 saturated carbocycles. The summed E-state index contributed by atoms with van der Waals surface area (Å²) >= 11 is 0. The molecule has 0 unspecified atom stereocenters. The van der Waals surface area contributed by atoms with Crippen LogP contribution in [-0.2, 0) is 11.0 Å². The minimum atomic E-state index is -4.93. The van der Waals surface area contributed by atoms with Crippen LogP contribution in [0.4, 0.5) is 17.6 Å². The SMILES string of the molecule is O=C(c1nnn(-c2cccc(F)c2)c1C(F)(F)F)N1CCN(C(=O)C2CC2)CC1. The average Bonchev–Trinajstić information content (AvgIpc) is 3.43. The van der Waals surface area contributed by atoms with Crippen molar-refractivity contribution in [3.63, 3.8) is 0 Å². The molecule has 1 aromatic carbocycles. The van der Waals surface area contributed by atoms with Gasteiger partial charge in [-0.3, -0.25) is 9.59 Å². The van der Waals surface area contributed by atoms with Gasteiger partial charge in [-0.1, -0.05) is 11.3 Å². The first-order valence-corrected chi connectivity index (χ1v) is 9.12. The molecule has 1 aromatic heterocycles. The van der Waals surface area contributed by atoms with Crippen molar-refractivity contribution >= 4 is 11.8 Å². The lowest BCUT2D eigenvalue weighted by molar-refractivity contribution is -0.143. The van der Waals surface area contributed by atoms with E-state index >= 15 is 0 Å². The molecule has 0 bridgehead atoms. The van der Waals surface area contributed by atoms with Gasteiger partial charge in [-0.05, 0) is 31.0 Å². The summed E-state index contributed by atoms with van der Waals surface area (Å²) < 4.78 is 55.0. The molecule has 0 atom stereocenters. The highest BCUT2D eigenvalue weighted by atomic mass is 19.4. The van der Waals surface area contributed by atoms with Crippen LogP contribution >= 0.6 is 0 Å². The number of carbonyl (C=O) groups excluding carboxylic acids is 2. The molecule has 1 saturated heterocycles. The van der Waals surface area contributed by atoms with Crippen molar-refractivity contribution in [2.24, 2.45) is 5.92 Å². The zero-order valence-corrected chi connectivity index (χ0v) is 15.2. The first-order chi connectivity index (χ1) is 13.8. The molecule has 11 heteroatoms. The van der Waals surface area contributed by atoms with Crippen LogP contribution in [0.25, 0.3) is 5.69 Å². The lowest BCUT2D eigenvalue weighted by Gasteiger charge is -2.34. The Morgan fingerprint density at radius 2 is 1.69 bits per heavy atom. The molecule has 0 radical (unpaired) electrons. The van der Waals surface area contributed by atoms with Gasteiger partial charge in [0.2, 0.25) is 5.91 Å². The van der Waals surface area contributed by atoms with Gasteiger partial charge in [0, 0.05) is 32.1 Å². The van der Waals surface area contributed by atoms with E-state index in [1.807, 2.05) is 0 Å². The van der Waals surface area contributed by atoms with E-state index < -0.39 is 29.3 Å². The molecule has 1 aliphatic heterocycles. The second kappa shape index (κ2) is 7.12. The molecule has 4 rings (SSSR count). The van der Waals surface area contributed by atoms with Gasteiger partial charge >= 0.3 is 6.18 Å². The Balaban J connectivity index is 1.58. The molecule has 2 aromatic rings. The van der Waals surface area contributed by atoms with Crippen molar-refractivity contribution in [1.29, 1.82) is 0 Å². The molecule has 2 heterocycles. The van der Waals surface area contributed by atoms with Gasteiger partial charge in [-0.15, -0.1) is 5.10 Å². The number of hydrogen-bond acceptors (Lipinski definition) is 4. The summed E-state index contributed by atoms with van der Waals surface area (Å²) in [5, 5.41) is 6.91. The Labute approximate surface area is 162 Å². The fraction of sp³-hybridized carbons (Fsp3) is 0.444. The number of nitrogens with zero attached hydrogens (tertiary/aromatic N) is 5. The Morgan fingerprint density at radius 3 is 2.28 bits per heavy atom. The topological polar surface area (TPSA) is 71.3 Å². The highest BCUT2D eigenvalue weighted by Gasteiger charge is 2.43. The molecule has 7 nitrogen and oxygen atoms in total. The normalized spacial score (nSPS) is 17.5. The summed E-state index contributed by atoms with van der Waals surface area (Å²) in [6.45, 7) is 0.754. The molecule has 0 spiro atoms. The average molecular weight is 411 g/mol. The number of carbonyl (C=O) groups is 2. The molecular weight excluding hydrogens is 394 g/mol. The van der Waals surface area contributed by atoms with Crippen LogP contribution in [0.15, 0.2) is 24.3 Å². The van der Waals surface area contributed by atoms with Crippen LogP contribution in [0.3, 0.4) is 0 Å². The molecule has 0 N–H and O–H groups in total. The Morgan fingerprint density at radius 1 is 1.03 bits per heavy atom. The molecular formula is C18H17F4N5O2. The van der Waals surface area contributed by atoms with Gasteiger partial charge in [-0.25, -0.2) is 9.07 Å². The van der Waals surface area contributed by atoms with Crippen LogP contribution in [0, 0.1) is 11.7 Å². The summed E-state index contributed by atoms with van der Waals surface area (Å²) in [7, 11) is 0. The minimum Gasteiger partial charge on any atom is -0.339 e. The number of benzene rings is 1. The van der Waals surface area contributed by atoms with Crippen molar-refractivity contribution < 1.29 is 27.2 Å². The van der Waals surface area contributed by atoms with Gasteiger partial charge < -0.3 is 9.80 Å².